The minimum Gasteiger partial charge on any atom is -0.480 e. The second kappa shape index (κ2) is 7.66. The average molecular weight is 330 g/mol. The number of nitrogens with one attached hydrogen (secondary N) is 1. The van der Waals surface area contributed by atoms with Gasteiger partial charge < -0.3 is 10.4 Å². The van der Waals surface area contributed by atoms with Crippen molar-refractivity contribution in [3.05, 3.63) is 35.9 Å². The van der Waals surface area contributed by atoms with Crippen molar-refractivity contribution in [2.45, 2.75) is 63.6 Å². The van der Waals surface area contributed by atoms with E-state index in [1.54, 1.807) is 0 Å². The zero-order valence-electron chi connectivity index (χ0n) is 14.8. The van der Waals surface area contributed by atoms with Crippen LogP contribution in [0.3, 0.4) is 0 Å². The Morgan fingerprint density at radius 1 is 1.25 bits per heavy atom. The van der Waals surface area contributed by atoms with Gasteiger partial charge in [0.05, 0.1) is 6.54 Å². The molecule has 1 aromatic rings. The van der Waals surface area contributed by atoms with Gasteiger partial charge in [-0.25, -0.2) is 0 Å². The highest BCUT2D eigenvalue weighted by atomic mass is 16.4. The van der Waals surface area contributed by atoms with Crippen molar-refractivity contribution in [1.82, 2.24) is 10.2 Å². The Morgan fingerprint density at radius 3 is 2.50 bits per heavy atom. The third kappa shape index (κ3) is 4.58. The number of hydrogen-bond acceptors (Lipinski definition) is 3. The fourth-order valence-electron chi connectivity index (χ4n) is 3.73. The summed E-state index contributed by atoms with van der Waals surface area (Å²) in [6.45, 7) is 5.70. The summed E-state index contributed by atoms with van der Waals surface area (Å²) in [5, 5.41) is 12.9. The molecule has 1 aromatic carbocycles. The minimum absolute atomic E-state index is 0.198. The Balaban J connectivity index is 1.45. The van der Waals surface area contributed by atoms with Crippen molar-refractivity contribution in [2.75, 3.05) is 13.1 Å². The normalized spacial score (nSPS) is 26.0. The van der Waals surface area contributed by atoms with Crippen LogP contribution < -0.4 is 5.32 Å². The van der Waals surface area contributed by atoms with Crippen LogP contribution in [-0.4, -0.2) is 47.2 Å². The molecule has 2 N–H and O–H groups in total. The summed E-state index contributed by atoms with van der Waals surface area (Å²) < 4.78 is 0. The lowest BCUT2D eigenvalue weighted by molar-refractivity contribution is -0.139. The summed E-state index contributed by atoms with van der Waals surface area (Å²) >= 11 is 0. The first-order valence-electron chi connectivity index (χ1n) is 9.29. The van der Waals surface area contributed by atoms with Gasteiger partial charge in [0, 0.05) is 24.7 Å². The number of carbonyl (C=O) groups is 1. The molecule has 24 heavy (non-hydrogen) atoms. The lowest BCUT2D eigenvalue weighted by Gasteiger charge is -2.44. The van der Waals surface area contributed by atoms with E-state index in [-0.39, 0.29) is 6.54 Å². The van der Waals surface area contributed by atoms with E-state index in [1.165, 1.54) is 18.4 Å². The van der Waals surface area contributed by atoms with Crippen LogP contribution in [0.15, 0.2) is 30.3 Å². The molecular formula is C20H30N2O2. The monoisotopic (exact) mass is 330 g/mol. The van der Waals surface area contributed by atoms with E-state index in [9.17, 15) is 4.79 Å². The van der Waals surface area contributed by atoms with Crippen molar-refractivity contribution in [3.8, 4) is 0 Å². The summed E-state index contributed by atoms with van der Waals surface area (Å²) in [6, 6.07) is 12.0. The Kier molecular flexibility index (Phi) is 5.57. The summed E-state index contributed by atoms with van der Waals surface area (Å²) in [6.07, 6.45) is 4.70. The summed E-state index contributed by atoms with van der Waals surface area (Å²) in [5.41, 5.74) is 1.37. The van der Waals surface area contributed by atoms with Gasteiger partial charge in [0.2, 0.25) is 0 Å². The fourth-order valence-corrected chi connectivity index (χ4v) is 3.73. The van der Waals surface area contributed by atoms with Crippen molar-refractivity contribution >= 4 is 5.97 Å². The van der Waals surface area contributed by atoms with Crippen LogP contribution in [0.1, 0.15) is 51.0 Å². The molecule has 132 valence electrons. The van der Waals surface area contributed by atoms with Gasteiger partial charge >= 0.3 is 5.97 Å². The van der Waals surface area contributed by atoms with Gasteiger partial charge in [0.15, 0.2) is 0 Å². The van der Waals surface area contributed by atoms with Gasteiger partial charge in [-0.15, -0.1) is 0 Å². The van der Waals surface area contributed by atoms with Crippen molar-refractivity contribution in [3.63, 3.8) is 0 Å². The first-order valence-corrected chi connectivity index (χ1v) is 9.29. The Labute approximate surface area is 145 Å². The molecule has 0 bridgehead atoms. The number of benzene rings is 1. The molecule has 0 aliphatic heterocycles. The van der Waals surface area contributed by atoms with Crippen LogP contribution in [0, 0.1) is 5.92 Å². The maximum Gasteiger partial charge on any atom is 0.317 e. The van der Waals surface area contributed by atoms with Crippen LogP contribution in [0.4, 0.5) is 0 Å². The third-order valence-electron chi connectivity index (χ3n) is 5.73. The minimum atomic E-state index is -0.696. The van der Waals surface area contributed by atoms with Crippen LogP contribution >= 0.6 is 0 Å². The SMILES string of the molecule is CC(NC1CC(N(CC(=O)O)CC2CC2)C1)C(C)c1ccccc1. The van der Waals surface area contributed by atoms with E-state index < -0.39 is 5.97 Å². The molecule has 2 aliphatic rings. The van der Waals surface area contributed by atoms with E-state index >= 15 is 0 Å². The topological polar surface area (TPSA) is 52.6 Å². The van der Waals surface area contributed by atoms with Crippen LogP contribution in [0.5, 0.6) is 0 Å². The molecular weight excluding hydrogens is 300 g/mol. The number of nitrogens with zero attached hydrogens (tertiary/aromatic N) is 1. The lowest BCUT2D eigenvalue weighted by atomic mass is 9.83. The number of rotatable bonds is 9. The first-order chi connectivity index (χ1) is 11.5. The average Bonchev–Trinajstić information content (AvgIpc) is 3.33. The molecule has 3 rings (SSSR count). The Bertz CT molecular complexity index is 538. The molecule has 0 radical (unpaired) electrons. The fraction of sp³-hybridized carbons (Fsp3) is 0.650. The van der Waals surface area contributed by atoms with Gasteiger partial charge in [-0.2, -0.15) is 0 Å². The molecule has 2 unspecified atom stereocenters. The molecule has 0 aromatic heterocycles. The second-order valence-corrected chi connectivity index (χ2v) is 7.74. The van der Waals surface area contributed by atoms with Gasteiger partial charge in [-0.05, 0) is 50.0 Å². The van der Waals surface area contributed by atoms with Gasteiger partial charge in [-0.3, -0.25) is 9.69 Å². The molecule has 0 spiro atoms. The predicted octanol–water partition coefficient (Wildman–Crippen LogP) is 3.10. The largest absolute Gasteiger partial charge is 0.480 e. The Morgan fingerprint density at radius 2 is 1.92 bits per heavy atom. The van der Waals surface area contributed by atoms with E-state index in [1.807, 2.05) is 0 Å². The van der Waals surface area contributed by atoms with Crippen LogP contribution in [0.25, 0.3) is 0 Å². The molecule has 0 heterocycles. The number of carboxylic acid groups (broad SMARTS) is 1. The summed E-state index contributed by atoms with van der Waals surface area (Å²) in [4.78, 5) is 13.3. The highest BCUT2D eigenvalue weighted by Gasteiger charge is 2.37. The zero-order chi connectivity index (χ0) is 17.1. The van der Waals surface area contributed by atoms with E-state index in [0.717, 1.165) is 25.3 Å². The molecule has 2 aliphatic carbocycles. The second-order valence-electron chi connectivity index (χ2n) is 7.74. The van der Waals surface area contributed by atoms with Gasteiger partial charge in [-0.1, -0.05) is 37.3 Å². The maximum absolute atomic E-state index is 11.1. The molecule has 2 saturated carbocycles. The molecule has 2 atom stereocenters. The maximum atomic E-state index is 11.1. The quantitative estimate of drug-likeness (QED) is 0.730. The number of hydrogen-bond donors (Lipinski definition) is 2. The van der Waals surface area contributed by atoms with Crippen molar-refractivity contribution in [1.29, 1.82) is 0 Å². The smallest absolute Gasteiger partial charge is 0.317 e. The van der Waals surface area contributed by atoms with E-state index in [4.69, 9.17) is 5.11 Å². The van der Waals surface area contributed by atoms with Crippen LogP contribution in [0.2, 0.25) is 0 Å². The standard InChI is InChI=1S/C20H30N2O2/c1-14(17-6-4-3-5-7-17)15(2)21-18-10-19(11-18)22(13-20(23)24)12-16-8-9-16/h3-7,14-16,18-19,21H,8-13H2,1-2H3,(H,23,24). The first kappa shape index (κ1) is 17.4. The number of aliphatic carboxylic acids is 1. The van der Waals surface area contributed by atoms with Crippen molar-refractivity contribution < 1.29 is 9.90 Å². The van der Waals surface area contributed by atoms with Crippen molar-refractivity contribution in [2.24, 2.45) is 5.92 Å². The molecule has 0 amide bonds. The molecule has 2 fully saturated rings. The zero-order valence-corrected chi connectivity index (χ0v) is 14.8. The summed E-state index contributed by atoms with van der Waals surface area (Å²) in [7, 11) is 0. The predicted molar refractivity (Wildman–Crippen MR) is 96.2 cm³/mol. The molecule has 4 nitrogen and oxygen atoms in total. The molecule has 0 saturated heterocycles. The highest BCUT2D eigenvalue weighted by Crippen LogP contribution is 2.34. The summed E-state index contributed by atoms with van der Waals surface area (Å²) in [5.74, 6) is 0.526. The van der Waals surface area contributed by atoms with Gasteiger partial charge in [0.25, 0.3) is 0 Å². The van der Waals surface area contributed by atoms with Crippen LogP contribution in [-0.2, 0) is 4.79 Å². The highest BCUT2D eigenvalue weighted by molar-refractivity contribution is 5.69. The molecule has 4 heteroatoms. The third-order valence-corrected chi connectivity index (χ3v) is 5.73. The van der Waals surface area contributed by atoms with Gasteiger partial charge in [0.1, 0.15) is 0 Å². The lowest BCUT2D eigenvalue weighted by Crippen LogP contribution is -2.56. The van der Waals surface area contributed by atoms with E-state index in [2.05, 4.69) is 54.4 Å². The van der Waals surface area contributed by atoms with E-state index in [0.29, 0.717) is 24.0 Å². The number of carboxylic acids is 1. The Hall–Kier alpha value is -1.39.